The largest absolute Gasteiger partial charge is 0.384 e. The molecule has 3 nitrogen and oxygen atoms in total. The Bertz CT molecular complexity index is 272. The van der Waals surface area contributed by atoms with Crippen molar-refractivity contribution < 1.29 is 5.11 Å². The Hall–Kier alpha value is -0.540. The summed E-state index contributed by atoms with van der Waals surface area (Å²) in [5.41, 5.74) is -0.137. The second-order valence-electron chi connectivity index (χ2n) is 3.20. The van der Waals surface area contributed by atoms with Crippen LogP contribution in [0.4, 0.5) is 0 Å². The van der Waals surface area contributed by atoms with Gasteiger partial charge in [-0.3, -0.25) is 4.68 Å². The first-order valence-electron chi connectivity index (χ1n) is 4.45. The highest BCUT2D eigenvalue weighted by Gasteiger charge is 2.30. The number of aryl methyl sites for hydroxylation is 1. The summed E-state index contributed by atoms with van der Waals surface area (Å²) in [5, 5.41) is 14.7. The maximum absolute atomic E-state index is 10.2. The van der Waals surface area contributed by atoms with Crippen LogP contribution in [-0.4, -0.2) is 14.9 Å². The normalized spacial score (nSPS) is 12.1. The zero-order chi connectivity index (χ0) is 10.1. The highest BCUT2D eigenvalue weighted by Crippen LogP contribution is 2.32. The molecule has 0 bridgehead atoms. The van der Waals surface area contributed by atoms with Gasteiger partial charge in [-0.25, -0.2) is 0 Å². The average molecular weight is 203 g/mol. The summed E-state index contributed by atoms with van der Waals surface area (Å²) in [5.74, 6) is 0. The molecule has 1 rings (SSSR count). The quantitative estimate of drug-likeness (QED) is 0.815. The fraction of sp³-hybridized carbons (Fsp3) is 0.667. The minimum absolute atomic E-state index is 0.536. The molecule has 1 aromatic heterocycles. The highest BCUT2D eigenvalue weighted by atomic mass is 35.5. The molecule has 13 heavy (non-hydrogen) atoms. The van der Waals surface area contributed by atoms with Gasteiger partial charge >= 0.3 is 0 Å². The molecular formula is C9H15ClN2O. The number of hydrogen-bond donors (Lipinski definition) is 1. The van der Waals surface area contributed by atoms with E-state index in [0.717, 1.165) is 0 Å². The van der Waals surface area contributed by atoms with Gasteiger partial charge in [-0.2, -0.15) is 5.10 Å². The molecule has 0 unspecified atom stereocenters. The molecule has 0 amide bonds. The lowest BCUT2D eigenvalue weighted by Crippen LogP contribution is -2.27. The molecule has 1 heterocycles. The van der Waals surface area contributed by atoms with E-state index in [9.17, 15) is 5.11 Å². The van der Waals surface area contributed by atoms with Gasteiger partial charge in [0.15, 0.2) is 0 Å². The van der Waals surface area contributed by atoms with E-state index in [0.29, 0.717) is 23.6 Å². The molecule has 4 heteroatoms. The first-order chi connectivity index (χ1) is 6.05. The van der Waals surface area contributed by atoms with Crippen molar-refractivity contribution in [3.63, 3.8) is 0 Å². The fourth-order valence-electron chi connectivity index (χ4n) is 1.52. The number of rotatable bonds is 3. The van der Waals surface area contributed by atoms with Crippen molar-refractivity contribution >= 4 is 11.6 Å². The van der Waals surface area contributed by atoms with Gasteiger partial charge in [0.05, 0.1) is 16.9 Å². The van der Waals surface area contributed by atoms with Crippen LogP contribution in [0.3, 0.4) is 0 Å². The lowest BCUT2D eigenvalue weighted by Gasteiger charge is -2.25. The van der Waals surface area contributed by atoms with Crippen molar-refractivity contribution in [3.05, 3.63) is 16.9 Å². The molecule has 0 aliphatic rings. The molecule has 0 saturated carbocycles. The van der Waals surface area contributed by atoms with Crippen molar-refractivity contribution in [2.75, 3.05) is 0 Å². The first kappa shape index (κ1) is 10.5. The molecular weight excluding hydrogens is 188 g/mol. The molecule has 74 valence electrons. The molecule has 0 aliphatic heterocycles. The Morgan fingerprint density at radius 3 is 2.38 bits per heavy atom. The lowest BCUT2D eigenvalue weighted by molar-refractivity contribution is 0.0204. The maximum atomic E-state index is 10.2. The van der Waals surface area contributed by atoms with Crippen LogP contribution in [0.5, 0.6) is 0 Å². The predicted octanol–water partition coefficient (Wildman–Crippen LogP) is 2.08. The van der Waals surface area contributed by atoms with Gasteiger partial charge in [0.1, 0.15) is 5.60 Å². The van der Waals surface area contributed by atoms with Gasteiger partial charge in [-0.05, 0) is 12.8 Å². The smallest absolute Gasteiger partial charge is 0.107 e. The van der Waals surface area contributed by atoms with E-state index >= 15 is 0 Å². The number of aromatic nitrogens is 2. The van der Waals surface area contributed by atoms with E-state index < -0.39 is 5.60 Å². The molecule has 0 aromatic carbocycles. The van der Waals surface area contributed by atoms with Crippen LogP contribution in [0.15, 0.2) is 6.20 Å². The molecule has 0 fully saturated rings. The molecule has 0 radical (unpaired) electrons. The third-order valence-electron chi connectivity index (χ3n) is 2.50. The molecule has 0 aliphatic carbocycles. The Kier molecular flexibility index (Phi) is 2.98. The van der Waals surface area contributed by atoms with Crippen LogP contribution in [0.25, 0.3) is 0 Å². The van der Waals surface area contributed by atoms with E-state index in [2.05, 4.69) is 5.10 Å². The van der Waals surface area contributed by atoms with Gasteiger partial charge in [0, 0.05) is 7.05 Å². The number of halogens is 1. The summed E-state index contributed by atoms with van der Waals surface area (Å²) >= 11 is 5.94. The second-order valence-corrected chi connectivity index (χ2v) is 3.61. The van der Waals surface area contributed by atoms with Crippen LogP contribution in [-0.2, 0) is 12.6 Å². The van der Waals surface area contributed by atoms with Crippen molar-refractivity contribution in [1.82, 2.24) is 9.78 Å². The minimum Gasteiger partial charge on any atom is -0.384 e. The molecule has 1 aromatic rings. The second kappa shape index (κ2) is 3.68. The van der Waals surface area contributed by atoms with Crippen LogP contribution < -0.4 is 0 Å². The topological polar surface area (TPSA) is 38.1 Å². The Balaban J connectivity index is 3.18. The van der Waals surface area contributed by atoms with Gasteiger partial charge < -0.3 is 5.11 Å². The summed E-state index contributed by atoms with van der Waals surface area (Å²) in [4.78, 5) is 0. The molecule has 0 saturated heterocycles. The summed E-state index contributed by atoms with van der Waals surface area (Å²) < 4.78 is 1.63. The summed E-state index contributed by atoms with van der Waals surface area (Å²) in [6, 6.07) is 0. The standard InChI is InChI=1S/C9H15ClN2O/c1-4-9(13,5-2)8-7(10)6-11-12(8)3/h6,13H,4-5H2,1-3H3. The van der Waals surface area contributed by atoms with Crippen molar-refractivity contribution in [2.24, 2.45) is 7.05 Å². The van der Waals surface area contributed by atoms with Gasteiger partial charge in [-0.15, -0.1) is 0 Å². The predicted molar refractivity (Wildman–Crippen MR) is 52.7 cm³/mol. The monoisotopic (exact) mass is 202 g/mol. The number of hydrogen-bond acceptors (Lipinski definition) is 2. The van der Waals surface area contributed by atoms with E-state index in [1.165, 1.54) is 0 Å². The molecule has 0 spiro atoms. The average Bonchev–Trinajstić information content (AvgIpc) is 2.46. The van der Waals surface area contributed by atoms with E-state index in [1.807, 2.05) is 13.8 Å². The van der Waals surface area contributed by atoms with E-state index in [-0.39, 0.29) is 0 Å². The Morgan fingerprint density at radius 2 is 2.08 bits per heavy atom. The summed E-state index contributed by atoms with van der Waals surface area (Å²) in [6.45, 7) is 3.87. The SMILES string of the molecule is CCC(O)(CC)c1c(Cl)cnn1C. The van der Waals surface area contributed by atoms with Crippen molar-refractivity contribution in [1.29, 1.82) is 0 Å². The lowest BCUT2D eigenvalue weighted by atomic mass is 9.93. The number of nitrogens with zero attached hydrogens (tertiary/aromatic N) is 2. The maximum Gasteiger partial charge on any atom is 0.107 e. The van der Waals surface area contributed by atoms with Gasteiger partial charge in [0.2, 0.25) is 0 Å². The van der Waals surface area contributed by atoms with Crippen LogP contribution >= 0.6 is 11.6 Å². The van der Waals surface area contributed by atoms with Crippen LogP contribution in [0.2, 0.25) is 5.02 Å². The zero-order valence-electron chi connectivity index (χ0n) is 8.21. The summed E-state index contributed by atoms with van der Waals surface area (Å²) in [7, 11) is 1.79. The third-order valence-corrected chi connectivity index (χ3v) is 2.78. The first-order valence-corrected chi connectivity index (χ1v) is 4.83. The summed E-state index contributed by atoms with van der Waals surface area (Å²) in [6.07, 6.45) is 2.85. The fourth-order valence-corrected chi connectivity index (χ4v) is 1.86. The number of aliphatic hydroxyl groups is 1. The molecule has 1 N–H and O–H groups in total. The minimum atomic E-state index is -0.845. The van der Waals surface area contributed by atoms with E-state index in [4.69, 9.17) is 11.6 Å². The van der Waals surface area contributed by atoms with Crippen LogP contribution in [0.1, 0.15) is 32.4 Å². The van der Waals surface area contributed by atoms with E-state index in [1.54, 1.807) is 17.9 Å². The Morgan fingerprint density at radius 1 is 1.54 bits per heavy atom. The van der Waals surface area contributed by atoms with Crippen molar-refractivity contribution in [3.8, 4) is 0 Å². The highest BCUT2D eigenvalue weighted by molar-refractivity contribution is 6.31. The van der Waals surface area contributed by atoms with Gasteiger partial charge in [-0.1, -0.05) is 25.4 Å². The molecule has 0 atom stereocenters. The van der Waals surface area contributed by atoms with Crippen LogP contribution in [0, 0.1) is 0 Å². The third kappa shape index (κ3) is 1.71. The van der Waals surface area contributed by atoms with Gasteiger partial charge in [0.25, 0.3) is 0 Å². The Labute approximate surface area is 83.3 Å². The zero-order valence-corrected chi connectivity index (χ0v) is 8.97. The van der Waals surface area contributed by atoms with Crippen molar-refractivity contribution in [2.45, 2.75) is 32.3 Å².